The molecule has 1 aromatic rings. The topological polar surface area (TPSA) is 23.6 Å². The molecule has 0 radical (unpaired) electrons. The van der Waals surface area contributed by atoms with Gasteiger partial charge < -0.3 is 9.80 Å². The fourth-order valence-electron chi connectivity index (χ4n) is 1.99. The zero-order chi connectivity index (χ0) is 12.6. The van der Waals surface area contributed by atoms with E-state index in [0.29, 0.717) is 6.04 Å². The van der Waals surface area contributed by atoms with Crippen molar-refractivity contribution in [3.8, 4) is 0 Å². The van der Waals surface area contributed by atoms with E-state index in [9.17, 15) is 4.79 Å². The van der Waals surface area contributed by atoms with Crippen LogP contribution in [0, 0.1) is 10.5 Å². The number of carbonyl (C=O) groups is 1. The highest BCUT2D eigenvalue weighted by Crippen LogP contribution is 2.19. The summed E-state index contributed by atoms with van der Waals surface area (Å²) in [4.78, 5) is 16.3. The van der Waals surface area contributed by atoms with Gasteiger partial charge in [-0.15, -0.1) is 0 Å². The van der Waals surface area contributed by atoms with E-state index in [4.69, 9.17) is 0 Å². The summed E-state index contributed by atoms with van der Waals surface area (Å²) in [5, 5.41) is 0. The van der Waals surface area contributed by atoms with Crippen molar-refractivity contribution in [1.82, 2.24) is 9.80 Å². The molecule has 0 unspecified atom stereocenters. The van der Waals surface area contributed by atoms with Crippen molar-refractivity contribution in [1.29, 1.82) is 0 Å². The van der Waals surface area contributed by atoms with Crippen molar-refractivity contribution in [3.05, 3.63) is 32.9 Å². The van der Waals surface area contributed by atoms with E-state index in [1.807, 2.05) is 24.0 Å². The number of rotatable bonds is 2. The number of hydrogen-bond acceptors (Lipinski definition) is 2. The summed E-state index contributed by atoms with van der Waals surface area (Å²) >= 11 is 2.27. The number of likely N-dealkylation sites (N-methyl/N-ethyl adjacent to an activating group) is 1. The van der Waals surface area contributed by atoms with Crippen molar-refractivity contribution in [2.45, 2.75) is 13.0 Å². The molecule has 1 aromatic carbocycles. The summed E-state index contributed by atoms with van der Waals surface area (Å²) in [6.07, 6.45) is 0. The lowest BCUT2D eigenvalue weighted by Gasteiger charge is -2.42. The van der Waals surface area contributed by atoms with Crippen LogP contribution in [-0.4, -0.2) is 48.9 Å². The first kappa shape index (κ1) is 12.8. The molecule has 0 aromatic heterocycles. The van der Waals surface area contributed by atoms with Crippen LogP contribution in [0.25, 0.3) is 0 Å². The average Bonchev–Trinajstić information content (AvgIpc) is 2.13. The summed E-state index contributed by atoms with van der Waals surface area (Å²) in [7, 11) is 4.12. The Labute approximate surface area is 116 Å². The van der Waals surface area contributed by atoms with Crippen LogP contribution in [0.5, 0.6) is 0 Å². The molecule has 92 valence electrons. The zero-order valence-electron chi connectivity index (χ0n) is 10.4. The predicted molar refractivity (Wildman–Crippen MR) is 77.3 cm³/mol. The lowest BCUT2D eigenvalue weighted by atomic mass is 10.0. The van der Waals surface area contributed by atoms with Gasteiger partial charge in [-0.3, -0.25) is 4.79 Å². The van der Waals surface area contributed by atoms with Crippen LogP contribution in [0.2, 0.25) is 0 Å². The third-order valence-corrected chi connectivity index (χ3v) is 3.97. The number of benzene rings is 1. The molecule has 0 spiro atoms. The van der Waals surface area contributed by atoms with E-state index in [-0.39, 0.29) is 5.91 Å². The van der Waals surface area contributed by atoms with Gasteiger partial charge in [0, 0.05) is 28.3 Å². The maximum absolute atomic E-state index is 12.2. The molecule has 2 rings (SSSR count). The smallest absolute Gasteiger partial charge is 0.254 e. The number of carbonyl (C=O) groups excluding carboxylic acids is 1. The van der Waals surface area contributed by atoms with Gasteiger partial charge in [0.1, 0.15) is 0 Å². The average molecular weight is 344 g/mol. The van der Waals surface area contributed by atoms with Gasteiger partial charge in [0.05, 0.1) is 0 Å². The highest BCUT2D eigenvalue weighted by atomic mass is 127. The summed E-state index contributed by atoms with van der Waals surface area (Å²) in [6, 6.07) is 6.49. The van der Waals surface area contributed by atoms with Crippen molar-refractivity contribution in [2.75, 3.05) is 27.2 Å². The van der Waals surface area contributed by atoms with Crippen molar-refractivity contribution >= 4 is 28.5 Å². The third-order valence-electron chi connectivity index (χ3n) is 3.30. The Balaban J connectivity index is 2.07. The first-order valence-corrected chi connectivity index (χ1v) is 6.79. The van der Waals surface area contributed by atoms with E-state index in [1.165, 1.54) is 3.57 Å². The third kappa shape index (κ3) is 2.63. The predicted octanol–water partition coefficient (Wildman–Crippen LogP) is 1.99. The lowest BCUT2D eigenvalue weighted by Crippen LogP contribution is -2.59. The molecule has 3 nitrogen and oxygen atoms in total. The largest absolute Gasteiger partial charge is 0.335 e. The van der Waals surface area contributed by atoms with E-state index in [1.54, 1.807) is 0 Å². The van der Waals surface area contributed by atoms with Crippen LogP contribution in [0.15, 0.2) is 18.2 Å². The molecular formula is C13H17IN2O. The van der Waals surface area contributed by atoms with Crippen LogP contribution in [0.3, 0.4) is 0 Å². The quantitative estimate of drug-likeness (QED) is 0.766. The molecular weight excluding hydrogens is 327 g/mol. The van der Waals surface area contributed by atoms with Gasteiger partial charge in [0.15, 0.2) is 0 Å². The second-order valence-corrected chi connectivity index (χ2v) is 6.03. The number of halogens is 1. The molecule has 0 bridgehead atoms. The molecule has 0 atom stereocenters. The Morgan fingerprint density at radius 2 is 2.06 bits per heavy atom. The summed E-state index contributed by atoms with van der Waals surface area (Å²) in [6.45, 7) is 3.69. The van der Waals surface area contributed by atoms with Crippen LogP contribution < -0.4 is 0 Å². The van der Waals surface area contributed by atoms with Gasteiger partial charge in [-0.1, -0.05) is 0 Å². The first-order chi connectivity index (χ1) is 7.99. The molecule has 0 aliphatic carbocycles. The second-order valence-electron chi connectivity index (χ2n) is 4.79. The van der Waals surface area contributed by atoms with Crippen LogP contribution in [0.1, 0.15) is 15.9 Å². The minimum Gasteiger partial charge on any atom is -0.335 e. The van der Waals surface area contributed by atoms with Gasteiger partial charge in [0.2, 0.25) is 0 Å². The summed E-state index contributed by atoms with van der Waals surface area (Å²) in [5.74, 6) is 0.164. The molecule has 1 aliphatic rings. The molecule has 1 saturated heterocycles. The molecule has 1 aliphatic heterocycles. The number of hydrogen-bond donors (Lipinski definition) is 0. The number of nitrogens with zero attached hydrogens (tertiary/aromatic N) is 2. The number of likely N-dealkylation sites (tertiary alicyclic amines) is 1. The standard InChI is InChI=1S/C13H17IN2O/c1-9-6-10(14)4-5-12(9)13(17)16-7-11(8-16)15(2)3/h4-6,11H,7-8H2,1-3H3. The van der Waals surface area contributed by atoms with E-state index in [2.05, 4.69) is 47.7 Å². The van der Waals surface area contributed by atoms with Crippen molar-refractivity contribution in [3.63, 3.8) is 0 Å². The fourth-order valence-corrected chi connectivity index (χ4v) is 2.63. The van der Waals surface area contributed by atoms with Crippen LogP contribution >= 0.6 is 22.6 Å². The van der Waals surface area contributed by atoms with E-state index >= 15 is 0 Å². The Hall–Kier alpha value is -0.620. The van der Waals surface area contributed by atoms with Crippen LogP contribution in [0.4, 0.5) is 0 Å². The molecule has 1 amide bonds. The maximum atomic E-state index is 12.2. The molecule has 17 heavy (non-hydrogen) atoms. The minimum absolute atomic E-state index is 0.164. The lowest BCUT2D eigenvalue weighted by molar-refractivity contribution is 0.0398. The van der Waals surface area contributed by atoms with E-state index < -0.39 is 0 Å². The molecule has 0 saturated carbocycles. The summed E-state index contributed by atoms with van der Waals surface area (Å²) in [5.41, 5.74) is 1.90. The minimum atomic E-state index is 0.164. The first-order valence-electron chi connectivity index (χ1n) is 5.71. The molecule has 1 fully saturated rings. The fraction of sp³-hybridized carbons (Fsp3) is 0.462. The summed E-state index contributed by atoms with van der Waals surface area (Å²) < 4.78 is 1.17. The van der Waals surface area contributed by atoms with Gasteiger partial charge in [-0.2, -0.15) is 0 Å². The Morgan fingerprint density at radius 3 is 2.59 bits per heavy atom. The maximum Gasteiger partial charge on any atom is 0.254 e. The Bertz CT molecular complexity index is 439. The molecule has 0 N–H and O–H groups in total. The van der Waals surface area contributed by atoms with Crippen molar-refractivity contribution in [2.24, 2.45) is 0 Å². The van der Waals surface area contributed by atoms with Crippen LogP contribution in [-0.2, 0) is 0 Å². The van der Waals surface area contributed by atoms with Gasteiger partial charge >= 0.3 is 0 Å². The highest BCUT2D eigenvalue weighted by Gasteiger charge is 2.32. The van der Waals surface area contributed by atoms with Gasteiger partial charge in [-0.05, 0) is 67.4 Å². The molecule has 1 heterocycles. The van der Waals surface area contributed by atoms with Gasteiger partial charge in [-0.25, -0.2) is 0 Å². The highest BCUT2D eigenvalue weighted by molar-refractivity contribution is 14.1. The Morgan fingerprint density at radius 1 is 1.41 bits per heavy atom. The molecule has 4 heteroatoms. The number of amides is 1. The monoisotopic (exact) mass is 344 g/mol. The SMILES string of the molecule is Cc1cc(I)ccc1C(=O)N1CC(N(C)C)C1. The Kier molecular flexibility index (Phi) is 3.73. The van der Waals surface area contributed by atoms with Gasteiger partial charge in [0.25, 0.3) is 5.91 Å². The van der Waals surface area contributed by atoms with E-state index in [0.717, 1.165) is 24.2 Å². The van der Waals surface area contributed by atoms with Crippen molar-refractivity contribution < 1.29 is 4.79 Å². The normalized spacial score (nSPS) is 16.2. The number of aryl methyl sites for hydroxylation is 1. The second kappa shape index (κ2) is 4.94. The zero-order valence-corrected chi connectivity index (χ0v) is 12.6.